The van der Waals surface area contributed by atoms with E-state index in [4.69, 9.17) is 0 Å². The number of nitrogens with one attached hydrogen (secondary N) is 1. The molecule has 1 aliphatic rings. The van der Waals surface area contributed by atoms with Crippen molar-refractivity contribution < 1.29 is 21.6 Å². The van der Waals surface area contributed by atoms with E-state index in [0.29, 0.717) is 12.8 Å². The maximum absolute atomic E-state index is 12.3. The highest BCUT2D eigenvalue weighted by molar-refractivity contribution is 7.92. The number of halogens is 3. The summed E-state index contributed by atoms with van der Waals surface area (Å²) < 4.78 is 60.1. The summed E-state index contributed by atoms with van der Waals surface area (Å²) in [7, 11) is -3.06. The first-order valence-corrected chi connectivity index (χ1v) is 7.49. The summed E-state index contributed by atoms with van der Waals surface area (Å²) in [5.41, 5.74) is -0.827. The zero-order valence-electron chi connectivity index (χ0n) is 9.94. The van der Waals surface area contributed by atoms with Gasteiger partial charge in [0.05, 0.1) is 16.6 Å². The number of aromatic nitrogens is 1. The highest BCUT2D eigenvalue weighted by Crippen LogP contribution is 2.29. The van der Waals surface area contributed by atoms with Crippen LogP contribution in [0.15, 0.2) is 18.3 Å². The first-order chi connectivity index (χ1) is 8.79. The maximum Gasteiger partial charge on any atom is 0.417 e. The summed E-state index contributed by atoms with van der Waals surface area (Å²) in [4.78, 5) is 3.63. The Labute approximate surface area is 109 Å². The second-order valence-corrected chi connectivity index (χ2v) is 6.84. The van der Waals surface area contributed by atoms with Gasteiger partial charge in [0.15, 0.2) is 9.84 Å². The lowest BCUT2D eigenvalue weighted by atomic mass is 10.2. The first-order valence-electron chi connectivity index (χ1n) is 5.78. The number of alkyl halides is 3. The van der Waals surface area contributed by atoms with Crippen LogP contribution in [0, 0.1) is 0 Å². The fraction of sp³-hybridized carbons (Fsp3) is 0.545. The van der Waals surface area contributed by atoms with Crippen molar-refractivity contribution in [2.75, 3.05) is 17.6 Å². The molecule has 1 N–H and O–H groups in total. The van der Waals surface area contributed by atoms with Crippen LogP contribution in [0.2, 0.25) is 0 Å². The third-order valence-corrected chi connectivity index (χ3v) is 5.34. The van der Waals surface area contributed by atoms with Gasteiger partial charge in [0.2, 0.25) is 0 Å². The van der Waals surface area contributed by atoms with Gasteiger partial charge in [-0.15, -0.1) is 0 Å². The first kappa shape index (κ1) is 14.1. The smallest absolute Gasteiger partial charge is 0.369 e. The number of nitrogens with zero attached hydrogens (tertiary/aromatic N) is 1. The molecule has 0 radical (unpaired) electrons. The lowest BCUT2D eigenvalue weighted by Gasteiger charge is -2.12. The van der Waals surface area contributed by atoms with E-state index in [2.05, 4.69) is 10.3 Å². The molecule has 0 saturated carbocycles. The Balaban J connectivity index is 1.97. The monoisotopic (exact) mass is 294 g/mol. The molecule has 0 amide bonds. The Bertz CT molecular complexity index is 540. The van der Waals surface area contributed by atoms with Crippen molar-refractivity contribution in [1.29, 1.82) is 0 Å². The molecule has 0 aromatic carbocycles. The van der Waals surface area contributed by atoms with Crippen molar-refractivity contribution in [3.05, 3.63) is 23.9 Å². The van der Waals surface area contributed by atoms with E-state index >= 15 is 0 Å². The molecule has 0 aliphatic carbocycles. The Morgan fingerprint density at radius 1 is 1.37 bits per heavy atom. The van der Waals surface area contributed by atoms with Gasteiger partial charge in [-0.1, -0.05) is 0 Å². The molecule has 106 valence electrons. The summed E-state index contributed by atoms with van der Waals surface area (Å²) in [6.45, 7) is 0.181. The van der Waals surface area contributed by atoms with Crippen LogP contribution in [0.3, 0.4) is 0 Å². The molecule has 1 aromatic rings. The van der Waals surface area contributed by atoms with E-state index in [9.17, 15) is 21.6 Å². The normalized spacial score (nSPS) is 22.4. The van der Waals surface area contributed by atoms with Gasteiger partial charge in [-0.25, -0.2) is 13.4 Å². The van der Waals surface area contributed by atoms with Crippen LogP contribution in [0.25, 0.3) is 0 Å². The zero-order chi connectivity index (χ0) is 14.1. The Morgan fingerprint density at radius 3 is 2.58 bits per heavy atom. The highest BCUT2D eigenvalue weighted by atomic mass is 32.2. The number of pyridine rings is 1. The van der Waals surface area contributed by atoms with Gasteiger partial charge in [0, 0.05) is 12.7 Å². The van der Waals surface area contributed by atoms with Crippen LogP contribution >= 0.6 is 0 Å². The Kier molecular flexibility index (Phi) is 3.71. The standard InChI is InChI=1S/C11H13F3N2O2S/c12-11(13,14)8-3-4-10(15-6-8)16-7-9-2-1-5-19(9,17)18/h3-4,6,9H,1-2,5,7H2,(H,15,16). The van der Waals surface area contributed by atoms with Gasteiger partial charge < -0.3 is 5.32 Å². The molecular formula is C11H13F3N2O2S. The van der Waals surface area contributed by atoms with Crippen LogP contribution in [0.4, 0.5) is 19.0 Å². The molecule has 2 rings (SSSR count). The maximum atomic E-state index is 12.3. The summed E-state index contributed by atoms with van der Waals surface area (Å²) in [5.74, 6) is 0.426. The highest BCUT2D eigenvalue weighted by Gasteiger charge is 2.32. The zero-order valence-corrected chi connectivity index (χ0v) is 10.8. The van der Waals surface area contributed by atoms with E-state index in [0.717, 1.165) is 12.3 Å². The summed E-state index contributed by atoms with van der Waals surface area (Å²) >= 11 is 0. The van der Waals surface area contributed by atoms with Crippen molar-refractivity contribution in [3.63, 3.8) is 0 Å². The van der Waals surface area contributed by atoms with Gasteiger partial charge in [-0.2, -0.15) is 13.2 Å². The van der Waals surface area contributed by atoms with Crippen molar-refractivity contribution in [2.45, 2.75) is 24.3 Å². The minimum Gasteiger partial charge on any atom is -0.369 e. The molecule has 0 spiro atoms. The largest absolute Gasteiger partial charge is 0.417 e. The number of hydrogen-bond acceptors (Lipinski definition) is 4. The average molecular weight is 294 g/mol. The molecule has 2 heterocycles. The van der Waals surface area contributed by atoms with Gasteiger partial charge >= 0.3 is 6.18 Å². The van der Waals surface area contributed by atoms with Crippen LogP contribution in [0.1, 0.15) is 18.4 Å². The van der Waals surface area contributed by atoms with Crippen molar-refractivity contribution in [2.24, 2.45) is 0 Å². The van der Waals surface area contributed by atoms with Gasteiger partial charge in [-0.3, -0.25) is 0 Å². The number of anilines is 1. The predicted octanol–water partition coefficient (Wildman–Crippen LogP) is 2.09. The van der Waals surface area contributed by atoms with Crippen molar-refractivity contribution in [1.82, 2.24) is 4.98 Å². The number of sulfone groups is 1. The van der Waals surface area contributed by atoms with E-state index in [1.807, 2.05) is 0 Å². The Morgan fingerprint density at radius 2 is 2.11 bits per heavy atom. The predicted molar refractivity (Wildman–Crippen MR) is 64.5 cm³/mol. The summed E-state index contributed by atoms with van der Waals surface area (Å²) in [5, 5.41) is 2.29. The van der Waals surface area contributed by atoms with Crippen LogP contribution in [-0.4, -0.2) is 30.9 Å². The van der Waals surface area contributed by atoms with Crippen LogP contribution < -0.4 is 5.32 Å². The van der Waals surface area contributed by atoms with Crippen molar-refractivity contribution in [3.8, 4) is 0 Å². The second kappa shape index (κ2) is 4.99. The van der Waals surface area contributed by atoms with E-state index < -0.39 is 26.8 Å². The average Bonchev–Trinajstić information content (AvgIpc) is 2.65. The molecule has 8 heteroatoms. The number of hydrogen-bond donors (Lipinski definition) is 1. The lowest BCUT2D eigenvalue weighted by molar-refractivity contribution is -0.137. The van der Waals surface area contributed by atoms with E-state index in [-0.39, 0.29) is 18.1 Å². The molecule has 4 nitrogen and oxygen atoms in total. The third kappa shape index (κ3) is 3.37. The molecule has 1 atom stereocenters. The molecule has 1 saturated heterocycles. The third-order valence-electron chi connectivity index (χ3n) is 3.06. The topological polar surface area (TPSA) is 59.1 Å². The fourth-order valence-electron chi connectivity index (χ4n) is 1.97. The van der Waals surface area contributed by atoms with Crippen LogP contribution in [0.5, 0.6) is 0 Å². The minimum atomic E-state index is -4.42. The van der Waals surface area contributed by atoms with Crippen LogP contribution in [-0.2, 0) is 16.0 Å². The fourth-order valence-corrected chi connectivity index (χ4v) is 3.74. The molecule has 19 heavy (non-hydrogen) atoms. The van der Waals surface area contributed by atoms with E-state index in [1.165, 1.54) is 6.07 Å². The van der Waals surface area contributed by atoms with Crippen molar-refractivity contribution >= 4 is 15.7 Å². The molecule has 1 unspecified atom stereocenters. The van der Waals surface area contributed by atoms with Gasteiger partial charge in [0.1, 0.15) is 5.82 Å². The molecule has 1 aromatic heterocycles. The SMILES string of the molecule is O=S1(=O)CCCC1CNc1ccc(C(F)(F)F)cn1. The van der Waals surface area contributed by atoms with Gasteiger partial charge in [-0.05, 0) is 25.0 Å². The minimum absolute atomic E-state index is 0.180. The van der Waals surface area contributed by atoms with E-state index in [1.54, 1.807) is 0 Å². The number of rotatable bonds is 3. The summed E-state index contributed by atoms with van der Waals surface area (Å²) in [6, 6.07) is 2.11. The molecule has 0 bridgehead atoms. The summed E-state index contributed by atoms with van der Waals surface area (Å²) in [6.07, 6.45) is -2.48. The second-order valence-electron chi connectivity index (χ2n) is 4.44. The quantitative estimate of drug-likeness (QED) is 0.927. The molecule has 1 fully saturated rings. The van der Waals surface area contributed by atoms with Gasteiger partial charge in [0.25, 0.3) is 0 Å². The Hall–Kier alpha value is -1.31. The lowest BCUT2D eigenvalue weighted by Crippen LogP contribution is -2.25. The molecule has 1 aliphatic heterocycles. The molecular weight excluding hydrogens is 281 g/mol.